The van der Waals surface area contributed by atoms with Gasteiger partial charge in [0, 0.05) is 30.9 Å². The van der Waals surface area contributed by atoms with Gasteiger partial charge in [-0.15, -0.1) is 0 Å². The number of rotatable bonds is 2. The number of aliphatic hydroxyl groups is 1. The van der Waals surface area contributed by atoms with E-state index in [1.54, 1.807) is 0 Å². The van der Waals surface area contributed by atoms with Crippen molar-refractivity contribution in [3.05, 3.63) is 41.4 Å². The lowest BCUT2D eigenvalue weighted by molar-refractivity contribution is 0.281. The van der Waals surface area contributed by atoms with Crippen LogP contribution in [0.1, 0.15) is 17.1 Å². The number of hydrogen-bond donors (Lipinski definition) is 1. The molecule has 0 aliphatic rings. The van der Waals surface area contributed by atoms with Gasteiger partial charge in [0.2, 0.25) is 0 Å². The second-order valence-electron chi connectivity index (χ2n) is 4.77. The molecule has 98 valence electrons. The number of aliphatic hydroxyl groups excluding tert-OH is 1. The highest BCUT2D eigenvalue weighted by Crippen LogP contribution is 2.28. The lowest BCUT2D eigenvalue weighted by Gasteiger charge is -2.05. The van der Waals surface area contributed by atoms with Crippen LogP contribution in [0.3, 0.4) is 0 Å². The summed E-state index contributed by atoms with van der Waals surface area (Å²) in [5.74, 6) is 0.672. The Morgan fingerprint density at radius 2 is 2.05 bits per heavy atom. The fourth-order valence-corrected chi connectivity index (χ4v) is 2.40. The standard InChI is InChI=1S/C15H16N2O2/c1-9-12(8-18)7-14(17(9)3)11-4-5-15-13(6-11)16-10(2)19-15/h4-7,18H,8H2,1-3H3. The van der Waals surface area contributed by atoms with Crippen molar-refractivity contribution in [1.29, 1.82) is 0 Å². The number of hydrogen-bond acceptors (Lipinski definition) is 3. The molecule has 0 aliphatic carbocycles. The third-order valence-electron chi connectivity index (χ3n) is 3.60. The van der Waals surface area contributed by atoms with Crippen molar-refractivity contribution < 1.29 is 9.52 Å². The summed E-state index contributed by atoms with van der Waals surface area (Å²) in [6.45, 7) is 3.91. The van der Waals surface area contributed by atoms with Crippen molar-refractivity contribution in [2.24, 2.45) is 7.05 Å². The number of aryl methyl sites for hydroxylation is 1. The van der Waals surface area contributed by atoms with Crippen LogP contribution in [0.5, 0.6) is 0 Å². The third kappa shape index (κ3) is 1.85. The fraction of sp³-hybridized carbons (Fsp3) is 0.267. The van der Waals surface area contributed by atoms with Gasteiger partial charge in [-0.25, -0.2) is 4.98 Å². The summed E-state index contributed by atoms with van der Waals surface area (Å²) in [6.07, 6.45) is 0. The van der Waals surface area contributed by atoms with Crippen LogP contribution in [0.4, 0.5) is 0 Å². The lowest BCUT2D eigenvalue weighted by atomic mass is 10.1. The molecule has 0 bridgehead atoms. The van der Waals surface area contributed by atoms with Gasteiger partial charge in [0.15, 0.2) is 11.5 Å². The van der Waals surface area contributed by atoms with Crippen LogP contribution in [-0.2, 0) is 13.7 Å². The van der Waals surface area contributed by atoms with E-state index in [0.29, 0.717) is 5.89 Å². The molecule has 0 fully saturated rings. The summed E-state index contributed by atoms with van der Waals surface area (Å²) in [6, 6.07) is 7.99. The maximum absolute atomic E-state index is 9.34. The molecule has 2 heterocycles. The minimum absolute atomic E-state index is 0.0605. The smallest absolute Gasteiger partial charge is 0.192 e. The van der Waals surface area contributed by atoms with Crippen molar-refractivity contribution in [3.8, 4) is 11.3 Å². The SMILES string of the molecule is Cc1nc2cc(-c3cc(CO)c(C)n3C)ccc2o1. The second-order valence-corrected chi connectivity index (χ2v) is 4.77. The van der Waals surface area contributed by atoms with Crippen LogP contribution in [0.2, 0.25) is 0 Å². The third-order valence-corrected chi connectivity index (χ3v) is 3.60. The van der Waals surface area contributed by atoms with Crippen LogP contribution >= 0.6 is 0 Å². The Morgan fingerprint density at radius 1 is 1.26 bits per heavy atom. The van der Waals surface area contributed by atoms with Crippen LogP contribution in [0.15, 0.2) is 28.7 Å². The number of aromatic nitrogens is 2. The Morgan fingerprint density at radius 3 is 2.74 bits per heavy atom. The van der Waals surface area contributed by atoms with Gasteiger partial charge >= 0.3 is 0 Å². The van der Waals surface area contributed by atoms with Crippen LogP contribution in [0.25, 0.3) is 22.4 Å². The highest BCUT2D eigenvalue weighted by atomic mass is 16.3. The van der Waals surface area contributed by atoms with Crippen molar-refractivity contribution in [2.75, 3.05) is 0 Å². The molecule has 0 spiro atoms. The van der Waals surface area contributed by atoms with Gasteiger partial charge in [-0.1, -0.05) is 0 Å². The first-order chi connectivity index (χ1) is 9.10. The Bertz CT molecular complexity index is 753. The zero-order valence-corrected chi connectivity index (χ0v) is 11.3. The van der Waals surface area contributed by atoms with Gasteiger partial charge in [-0.3, -0.25) is 0 Å². The van der Waals surface area contributed by atoms with E-state index in [1.807, 2.05) is 45.2 Å². The normalized spacial score (nSPS) is 11.4. The van der Waals surface area contributed by atoms with Crippen molar-refractivity contribution in [1.82, 2.24) is 9.55 Å². The average molecular weight is 256 g/mol. The first-order valence-electron chi connectivity index (χ1n) is 6.24. The molecule has 0 saturated heterocycles. The van der Waals surface area contributed by atoms with E-state index in [0.717, 1.165) is 33.6 Å². The van der Waals surface area contributed by atoms with Gasteiger partial charge in [-0.05, 0) is 36.8 Å². The first kappa shape index (κ1) is 12.0. The number of nitrogens with zero attached hydrogens (tertiary/aromatic N) is 2. The monoisotopic (exact) mass is 256 g/mol. The Balaban J connectivity index is 2.18. The minimum atomic E-state index is 0.0605. The molecule has 1 aromatic carbocycles. The second kappa shape index (κ2) is 4.24. The molecule has 0 amide bonds. The van der Waals surface area contributed by atoms with E-state index in [1.165, 1.54) is 0 Å². The van der Waals surface area contributed by atoms with Crippen LogP contribution in [-0.4, -0.2) is 14.7 Å². The highest BCUT2D eigenvalue weighted by molar-refractivity contribution is 5.80. The van der Waals surface area contributed by atoms with E-state index in [4.69, 9.17) is 4.42 Å². The highest BCUT2D eigenvalue weighted by Gasteiger charge is 2.11. The number of benzene rings is 1. The largest absolute Gasteiger partial charge is 0.441 e. The Kier molecular flexibility index (Phi) is 2.68. The van der Waals surface area contributed by atoms with Crippen molar-refractivity contribution >= 4 is 11.1 Å². The molecule has 1 N–H and O–H groups in total. The van der Waals surface area contributed by atoms with Crippen molar-refractivity contribution in [3.63, 3.8) is 0 Å². The fourth-order valence-electron chi connectivity index (χ4n) is 2.40. The molecule has 0 unspecified atom stereocenters. The number of oxazole rings is 1. The molecule has 19 heavy (non-hydrogen) atoms. The van der Waals surface area contributed by atoms with Gasteiger partial charge < -0.3 is 14.1 Å². The molecule has 4 heteroatoms. The van der Waals surface area contributed by atoms with E-state index < -0.39 is 0 Å². The Hall–Kier alpha value is -2.07. The topological polar surface area (TPSA) is 51.2 Å². The predicted octanol–water partition coefficient (Wildman–Crippen LogP) is 2.94. The lowest BCUT2D eigenvalue weighted by Crippen LogP contribution is -1.95. The molecule has 2 aromatic heterocycles. The summed E-state index contributed by atoms with van der Waals surface area (Å²) in [5.41, 5.74) is 5.84. The quantitative estimate of drug-likeness (QED) is 0.767. The maximum Gasteiger partial charge on any atom is 0.192 e. The summed E-state index contributed by atoms with van der Waals surface area (Å²) in [5, 5.41) is 9.34. The maximum atomic E-state index is 9.34. The average Bonchev–Trinajstić information content (AvgIpc) is 2.90. The summed E-state index contributed by atoms with van der Waals surface area (Å²) in [4.78, 5) is 4.35. The molecular weight excluding hydrogens is 240 g/mol. The van der Waals surface area contributed by atoms with E-state index in [2.05, 4.69) is 9.55 Å². The van der Waals surface area contributed by atoms with Crippen LogP contribution in [0, 0.1) is 13.8 Å². The van der Waals surface area contributed by atoms with Gasteiger partial charge in [-0.2, -0.15) is 0 Å². The minimum Gasteiger partial charge on any atom is -0.441 e. The van der Waals surface area contributed by atoms with Gasteiger partial charge in [0.25, 0.3) is 0 Å². The number of fused-ring (bicyclic) bond motifs is 1. The Labute approximate surface area is 111 Å². The predicted molar refractivity (Wildman–Crippen MR) is 73.8 cm³/mol. The molecular formula is C15H16N2O2. The molecule has 0 aliphatic heterocycles. The summed E-state index contributed by atoms with van der Waals surface area (Å²) >= 11 is 0. The summed E-state index contributed by atoms with van der Waals surface area (Å²) in [7, 11) is 2.00. The van der Waals surface area contributed by atoms with Gasteiger partial charge in [0.1, 0.15) is 5.52 Å². The first-order valence-corrected chi connectivity index (χ1v) is 6.24. The summed E-state index contributed by atoms with van der Waals surface area (Å²) < 4.78 is 7.56. The molecule has 4 nitrogen and oxygen atoms in total. The van der Waals surface area contributed by atoms with Crippen molar-refractivity contribution in [2.45, 2.75) is 20.5 Å². The molecule has 3 rings (SSSR count). The van der Waals surface area contributed by atoms with E-state index in [9.17, 15) is 5.11 Å². The molecule has 0 radical (unpaired) electrons. The molecule has 0 saturated carbocycles. The molecule has 0 atom stereocenters. The van der Waals surface area contributed by atoms with Crippen LogP contribution < -0.4 is 0 Å². The molecule has 3 aromatic rings. The van der Waals surface area contributed by atoms with E-state index >= 15 is 0 Å². The zero-order chi connectivity index (χ0) is 13.6. The van der Waals surface area contributed by atoms with E-state index in [-0.39, 0.29) is 6.61 Å². The van der Waals surface area contributed by atoms with Gasteiger partial charge in [0.05, 0.1) is 6.61 Å². The zero-order valence-electron chi connectivity index (χ0n) is 11.3.